The van der Waals surface area contributed by atoms with Crippen LogP contribution in [0.1, 0.15) is 35.6 Å². The summed E-state index contributed by atoms with van der Waals surface area (Å²) in [6.07, 6.45) is 6.39. The number of aromatic nitrogens is 1. The van der Waals surface area contributed by atoms with Crippen LogP contribution in [0.3, 0.4) is 0 Å². The van der Waals surface area contributed by atoms with E-state index in [-0.39, 0.29) is 5.91 Å². The maximum atomic E-state index is 11.5. The first kappa shape index (κ1) is 16.2. The average Bonchev–Trinajstić information content (AvgIpc) is 2.95. The summed E-state index contributed by atoms with van der Waals surface area (Å²) in [6, 6.07) is 6.96. The number of hydrogen-bond donors (Lipinski definition) is 2. The number of nitrogens with zero attached hydrogens (tertiary/aromatic N) is 1. The summed E-state index contributed by atoms with van der Waals surface area (Å²) in [5, 5.41) is 1.36. The van der Waals surface area contributed by atoms with Gasteiger partial charge in [0, 0.05) is 48.1 Å². The summed E-state index contributed by atoms with van der Waals surface area (Å²) in [5.74, 6) is 0.545. The van der Waals surface area contributed by atoms with Gasteiger partial charge in [0.15, 0.2) is 0 Å². The van der Waals surface area contributed by atoms with Gasteiger partial charge in [-0.05, 0) is 42.0 Å². The van der Waals surface area contributed by atoms with Gasteiger partial charge in [-0.3, -0.25) is 9.69 Å². The summed E-state index contributed by atoms with van der Waals surface area (Å²) in [7, 11) is 0. The number of amides is 1. The number of nitrogens with one attached hydrogen (secondary N) is 1. The van der Waals surface area contributed by atoms with Crippen LogP contribution in [0.5, 0.6) is 0 Å². The number of rotatable bonds is 5. The Labute approximate surface area is 148 Å². The van der Waals surface area contributed by atoms with Crippen molar-refractivity contribution in [1.29, 1.82) is 0 Å². The van der Waals surface area contributed by atoms with Crippen molar-refractivity contribution < 1.29 is 4.79 Å². The van der Waals surface area contributed by atoms with Crippen LogP contribution >= 0.6 is 0 Å². The Morgan fingerprint density at radius 2 is 2.24 bits per heavy atom. The minimum atomic E-state index is -0.202. The number of fused-ring (bicyclic) bond motifs is 2. The zero-order valence-electron chi connectivity index (χ0n) is 14.5. The molecule has 2 aliphatic rings. The van der Waals surface area contributed by atoms with E-state index in [4.69, 9.17) is 5.73 Å². The van der Waals surface area contributed by atoms with E-state index in [1.54, 1.807) is 0 Å². The monoisotopic (exact) mass is 335 g/mol. The molecule has 0 bridgehead atoms. The number of likely N-dealkylation sites (tertiary alicyclic amines) is 1. The minimum absolute atomic E-state index is 0.202. The second kappa shape index (κ2) is 6.19. The summed E-state index contributed by atoms with van der Waals surface area (Å²) in [4.78, 5) is 17.5. The van der Waals surface area contributed by atoms with Crippen LogP contribution in [-0.2, 0) is 11.2 Å². The smallest absolute Gasteiger partial charge is 0.217 e. The Morgan fingerprint density at radius 1 is 1.40 bits per heavy atom. The number of carbonyl (C=O) groups excluding carboxylic acids is 1. The zero-order chi connectivity index (χ0) is 17.6. The minimum Gasteiger partial charge on any atom is -0.370 e. The van der Waals surface area contributed by atoms with Crippen molar-refractivity contribution >= 4 is 22.9 Å². The Kier molecular flexibility index (Phi) is 4.00. The lowest BCUT2D eigenvalue weighted by Gasteiger charge is -2.47. The molecule has 4 nitrogen and oxygen atoms in total. The van der Waals surface area contributed by atoms with E-state index in [1.807, 2.05) is 12.2 Å². The van der Waals surface area contributed by atoms with E-state index in [9.17, 15) is 4.79 Å². The molecule has 2 heterocycles. The van der Waals surface area contributed by atoms with Gasteiger partial charge >= 0.3 is 0 Å². The highest BCUT2D eigenvalue weighted by molar-refractivity contribution is 5.91. The number of primary amides is 1. The number of benzene rings is 1. The molecule has 3 atom stereocenters. The molecule has 1 amide bonds. The van der Waals surface area contributed by atoms with Gasteiger partial charge in [-0.15, -0.1) is 6.58 Å². The highest BCUT2D eigenvalue weighted by Gasteiger charge is 2.41. The molecule has 0 saturated carbocycles. The first-order valence-corrected chi connectivity index (χ1v) is 9.01. The van der Waals surface area contributed by atoms with E-state index in [0.717, 1.165) is 31.6 Å². The fourth-order valence-corrected chi connectivity index (χ4v) is 5.00. The first-order chi connectivity index (χ1) is 12.1. The molecule has 25 heavy (non-hydrogen) atoms. The van der Waals surface area contributed by atoms with Gasteiger partial charge in [0.25, 0.3) is 0 Å². The molecule has 0 radical (unpaired) electrons. The van der Waals surface area contributed by atoms with Gasteiger partial charge in [-0.25, -0.2) is 0 Å². The number of aromatic amines is 1. The molecule has 0 spiro atoms. The van der Waals surface area contributed by atoms with Gasteiger partial charge in [0.1, 0.15) is 0 Å². The maximum Gasteiger partial charge on any atom is 0.217 e. The van der Waals surface area contributed by atoms with Crippen LogP contribution in [0.2, 0.25) is 0 Å². The lowest BCUT2D eigenvalue weighted by atomic mass is 9.71. The third kappa shape index (κ3) is 2.61. The van der Waals surface area contributed by atoms with Crippen LogP contribution in [0.4, 0.5) is 0 Å². The summed E-state index contributed by atoms with van der Waals surface area (Å²) in [5.41, 5.74) is 10.6. The second-order valence-electron chi connectivity index (χ2n) is 7.38. The third-order valence-electron chi connectivity index (χ3n) is 5.88. The topological polar surface area (TPSA) is 62.1 Å². The Balaban J connectivity index is 1.81. The fraction of sp³-hybridized carbons (Fsp3) is 0.381. The first-order valence-electron chi connectivity index (χ1n) is 9.01. The van der Waals surface area contributed by atoms with Crippen LogP contribution in [-0.4, -0.2) is 34.9 Å². The Bertz CT molecular complexity index is 850. The van der Waals surface area contributed by atoms with Crippen LogP contribution < -0.4 is 5.73 Å². The van der Waals surface area contributed by atoms with Crippen LogP contribution in [0.15, 0.2) is 37.4 Å². The van der Waals surface area contributed by atoms with E-state index >= 15 is 0 Å². The molecule has 1 aromatic heterocycles. The second-order valence-corrected chi connectivity index (χ2v) is 7.38. The average molecular weight is 335 g/mol. The predicted molar refractivity (Wildman–Crippen MR) is 102 cm³/mol. The largest absolute Gasteiger partial charge is 0.370 e. The number of hydrogen-bond acceptors (Lipinski definition) is 2. The van der Waals surface area contributed by atoms with Crippen LogP contribution in [0.25, 0.3) is 17.0 Å². The van der Waals surface area contributed by atoms with Gasteiger partial charge in [-0.2, -0.15) is 0 Å². The van der Waals surface area contributed by atoms with Gasteiger partial charge in [0.05, 0.1) is 0 Å². The molecule has 1 unspecified atom stereocenters. The molecule has 4 rings (SSSR count). The standard InChI is InChI=1S/C21H25N3O/c1-3-8-24-12-13(10-20(22)25)9-15-14-6-5-7-18-21(14)16(11-19(15)24)17(4-2)23-18/h3-7,13,15,19,23H,1-2,8-12H2,(H2,22,25)/t13-,15?,19+/m0/s1. The molecule has 1 saturated heterocycles. The Hall–Kier alpha value is -2.33. The normalized spacial score (nSPS) is 25.5. The number of piperidine rings is 1. The molecule has 1 aromatic carbocycles. The summed E-state index contributed by atoms with van der Waals surface area (Å²) in [6.45, 7) is 9.66. The molecular weight excluding hydrogens is 310 g/mol. The quantitative estimate of drug-likeness (QED) is 0.824. The molecule has 4 heteroatoms. The van der Waals surface area contributed by atoms with Crippen molar-refractivity contribution in [3.05, 3.63) is 54.3 Å². The highest BCUT2D eigenvalue weighted by Crippen LogP contribution is 2.46. The van der Waals surface area contributed by atoms with E-state index in [1.165, 1.54) is 22.0 Å². The summed E-state index contributed by atoms with van der Waals surface area (Å²) < 4.78 is 0. The lowest BCUT2D eigenvalue weighted by molar-refractivity contribution is -0.119. The summed E-state index contributed by atoms with van der Waals surface area (Å²) >= 11 is 0. The third-order valence-corrected chi connectivity index (χ3v) is 5.88. The van der Waals surface area contributed by atoms with Crippen molar-refractivity contribution in [1.82, 2.24) is 9.88 Å². The molecule has 1 aliphatic heterocycles. The van der Waals surface area contributed by atoms with Crippen molar-refractivity contribution in [3.8, 4) is 0 Å². The molecular formula is C21H25N3O. The van der Waals surface area contributed by atoms with Crippen LogP contribution in [0, 0.1) is 5.92 Å². The van der Waals surface area contributed by atoms with Crippen molar-refractivity contribution in [2.45, 2.75) is 31.2 Å². The number of nitrogens with two attached hydrogens (primary N) is 1. The highest BCUT2D eigenvalue weighted by atomic mass is 16.1. The predicted octanol–water partition coefficient (Wildman–Crippen LogP) is 3.20. The molecule has 2 aromatic rings. The lowest BCUT2D eigenvalue weighted by Crippen LogP contribution is -2.50. The SMILES string of the molecule is C=CCN1C[C@H](CC(N)=O)CC2c3cccc4[nH]c(C=C)c(c34)C[C@H]21. The molecule has 3 N–H and O–H groups in total. The zero-order valence-corrected chi connectivity index (χ0v) is 14.5. The van der Waals surface area contributed by atoms with E-state index in [2.05, 4.69) is 41.2 Å². The number of H-pyrrole nitrogens is 1. The fourth-order valence-electron chi connectivity index (χ4n) is 5.00. The Morgan fingerprint density at radius 3 is 2.96 bits per heavy atom. The molecule has 1 aliphatic carbocycles. The van der Waals surface area contributed by atoms with E-state index in [0.29, 0.717) is 24.3 Å². The van der Waals surface area contributed by atoms with Gasteiger partial charge < -0.3 is 10.7 Å². The van der Waals surface area contributed by atoms with Gasteiger partial charge in [0.2, 0.25) is 5.91 Å². The van der Waals surface area contributed by atoms with Crippen molar-refractivity contribution in [2.24, 2.45) is 11.7 Å². The molecule has 130 valence electrons. The van der Waals surface area contributed by atoms with Crippen molar-refractivity contribution in [3.63, 3.8) is 0 Å². The molecule has 1 fully saturated rings. The van der Waals surface area contributed by atoms with E-state index < -0.39 is 0 Å². The number of carbonyl (C=O) groups is 1. The van der Waals surface area contributed by atoms with Crippen molar-refractivity contribution in [2.75, 3.05) is 13.1 Å². The van der Waals surface area contributed by atoms with Gasteiger partial charge in [-0.1, -0.05) is 24.8 Å². The maximum absolute atomic E-state index is 11.5.